The fourth-order valence-electron chi connectivity index (χ4n) is 1.61. The van der Waals surface area contributed by atoms with E-state index in [1.54, 1.807) is 18.6 Å². The number of nitrogens with two attached hydrogens (primary N) is 1. The van der Waals surface area contributed by atoms with Crippen LogP contribution in [0.15, 0.2) is 46.3 Å². The van der Waals surface area contributed by atoms with Gasteiger partial charge in [0.05, 0.1) is 22.0 Å². The fraction of sp³-hybridized carbons (Fsp3) is 0.250. The van der Waals surface area contributed by atoms with Crippen molar-refractivity contribution in [2.75, 3.05) is 11.5 Å². The normalized spacial score (nSPS) is 12.5. The van der Waals surface area contributed by atoms with Gasteiger partial charge in [0, 0.05) is 34.9 Å². The van der Waals surface area contributed by atoms with Gasteiger partial charge in [-0.25, -0.2) is 4.98 Å². The number of hydrogen-bond donors (Lipinski definition) is 1. The molecule has 1 aromatic heterocycles. The van der Waals surface area contributed by atoms with E-state index in [1.807, 2.05) is 22.9 Å². The minimum Gasteiger partial charge on any atom is -0.398 e. The molecular weight excluding hydrogens is 314 g/mol. The fourth-order valence-corrected chi connectivity index (χ4v) is 3.33. The van der Waals surface area contributed by atoms with Gasteiger partial charge in [0.1, 0.15) is 0 Å². The second-order valence-corrected chi connectivity index (χ2v) is 6.34. The van der Waals surface area contributed by atoms with E-state index >= 15 is 0 Å². The Hall–Kier alpha value is -1.14. The third-order valence-electron chi connectivity index (χ3n) is 2.53. The molecule has 0 spiro atoms. The van der Waals surface area contributed by atoms with Gasteiger partial charge in [-0.3, -0.25) is 4.21 Å². The minimum atomic E-state index is -1.06. The number of aryl methyl sites for hydroxylation is 1. The Labute approximate surface area is 117 Å². The van der Waals surface area contributed by atoms with Crippen LogP contribution in [0.4, 0.5) is 5.69 Å². The predicted molar refractivity (Wildman–Crippen MR) is 76.7 cm³/mol. The maximum Gasteiger partial charge on any atom is 0.0945 e. The Morgan fingerprint density at radius 1 is 1.44 bits per heavy atom. The van der Waals surface area contributed by atoms with Crippen molar-refractivity contribution >= 4 is 32.4 Å². The molecule has 2 aromatic rings. The second-order valence-electron chi connectivity index (χ2n) is 3.89. The Balaban J connectivity index is 1.93. The van der Waals surface area contributed by atoms with Gasteiger partial charge in [0.25, 0.3) is 0 Å². The van der Waals surface area contributed by atoms with Crippen LogP contribution >= 0.6 is 15.9 Å². The van der Waals surface area contributed by atoms with Crippen molar-refractivity contribution in [3.05, 3.63) is 41.4 Å². The molecule has 1 heterocycles. The van der Waals surface area contributed by atoms with Gasteiger partial charge in [-0.2, -0.15) is 0 Å². The first-order valence-corrected chi connectivity index (χ1v) is 7.67. The first-order chi connectivity index (χ1) is 8.66. The summed E-state index contributed by atoms with van der Waals surface area (Å²) in [7, 11) is -1.06. The molecule has 4 nitrogen and oxygen atoms in total. The molecule has 0 amide bonds. The topological polar surface area (TPSA) is 60.9 Å². The van der Waals surface area contributed by atoms with Crippen molar-refractivity contribution in [2.45, 2.75) is 17.9 Å². The van der Waals surface area contributed by atoms with E-state index in [4.69, 9.17) is 5.73 Å². The third-order valence-corrected chi connectivity index (χ3v) is 4.52. The lowest BCUT2D eigenvalue weighted by molar-refractivity contribution is 0.658. The average Bonchev–Trinajstić information content (AvgIpc) is 2.85. The molecule has 0 saturated carbocycles. The van der Waals surface area contributed by atoms with Crippen molar-refractivity contribution in [1.29, 1.82) is 0 Å². The van der Waals surface area contributed by atoms with E-state index < -0.39 is 10.8 Å². The molecular formula is C12H14BrN3OS. The molecule has 0 aliphatic carbocycles. The average molecular weight is 328 g/mol. The molecule has 0 aliphatic rings. The van der Waals surface area contributed by atoms with Crippen molar-refractivity contribution in [1.82, 2.24) is 9.55 Å². The summed E-state index contributed by atoms with van der Waals surface area (Å²) in [6, 6.07) is 5.44. The Morgan fingerprint density at radius 2 is 2.28 bits per heavy atom. The number of aromatic nitrogens is 2. The van der Waals surface area contributed by atoms with Crippen molar-refractivity contribution in [3.63, 3.8) is 0 Å². The molecule has 2 rings (SSSR count). The van der Waals surface area contributed by atoms with Crippen LogP contribution in [0.1, 0.15) is 6.42 Å². The van der Waals surface area contributed by atoms with E-state index in [-0.39, 0.29) is 0 Å². The molecule has 0 saturated heterocycles. The van der Waals surface area contributed by atoms with Crippen LogP contribution < -0.4 is 5.73 Å². The largest absolute Gasteiger partial charge is 0.398 e. The highest BCUT2D eigenvalue weighted by Crippen LogP contribution is 2.22. The molecule has 1 aromatic carbocycles. The van der Waals surface area contributed by atoms with Crippen molar-refractivity contribution < 1.29 is 4.21 Å². The molecule has 1 atom stereocenters. The molecule has 0 bridgehead atoms. The number of nitrogen functional groups attached to an aromatic ring is 1. The van der Waals surface area contributed by atoms with Gasteiger partial charge >= 0.3 is 0 Å². The first kappa shape index (κ1) is 13.3. The van der Waals surface area contributed by atoms with Gasteiger partial charge in [0.15, 0.2) is 0 Å². The number of benzene rings is 1. The smallest absolute Gasteiger partial charge is 0.0945 e. The van der Waals surface area contributed by atoms with E-state index in [1.165, 1.54) is 0 Å². The minimum absolute atomic E-state index is 0.583. The SMILES string of the molecule is Nc1ccc(Br)cc1S(=O)CCCn1ccnc1. The highest BCUT2D eigenvalue weighted by molar-refractivity contribution is 9.10. The zero-order valence-electron chi connectivity index (χ0n) is 9.75. The zero-order valence-corrected chi connectivity index (χ0v) is 12.2. The number of anilines is 1. The van der Waals surface area contributed by atoms with Gasteiger partial charge < -0.3 is 10.3 Å². The molecule has 0 aliphatic heterocycles. The molecule has 0 radical (unpaired) electrons. The zero-order chi connectivity index (χ0) is 13.0. The summed E-state index contributed by atoms with van der Waals surface area (Å²) in [5.41, 5.74) is 6.41. The summed E-state index contributed by atoms with van der Waals surface area (Å²) in [4.78, 5) is 4.67. The van der Waals surface area contributed by atoms with E-state index in [0.717, 1.165) is 17.4 Å². The summed E-state index contributed by atoms with van der Waals surface area (Å²) in [6.45, 7) is 0.819. The number of rotatable bonds is 5. The summed E-state index contributed by atoms with van der Waals surface area (Å²) in [5, 5.41) is 0. The van der Waals surface area contributed by atoms with E-state index in [9.17, 15) is 4.21 Å². The number of imidazole rings is 1. The van der Waals surface area contributed by atoms with Gasteiger partial charge in [-0.15, -0.1) is 0 Å². The maximum absolute atomic E-state index is 12.1. The lowest BCUT2D eigenvalue weighted by atomic mass is 10.3. The molecule has 18 heavy (non-hydrogen) atoms. The quantitative estimate of drug-likeness (QED) is 0.858. The van der Waals surface area contributed by atoms with Crippen LogP contribution in [0.3, 0.4) is 0 Å². The highest BCUT2D eigenvalue weighted by atomic mass is 79.9. The standard InChI is InChI=1S/C12H14BrN3OS/c13-10-2-3-11(14)12(8-10)18(17)7-1-5-16-6-4-15-9-16/h2-4,6,8-9H,1,5,7,14H2. The van der Waals surface area contributed by atoms with Gasteiger partial charge in [-0.05, 0) is 24.6 Å². The van der Waals surface area contributed by atoms with E-state index in [2.05, 4.69) is 20.9 Å². The molecule has 1 unspecified atom stereocenters. The van der Waals surface area contributed by atoms with Crippen LogP contribution in [-0.4, -0.2) is 19.5 Å². The van der Waals surface area contributed by atoms with Crippen LogP contribution in [0, 0.1) is 0 Å². The Bertz CT molecular complexity index is 542. The number of hydrogen-bond acceptors (Lipinski definition) is 3. The number of nitrogens with zero attached hydrogens (tertiary/aromatic N) is 2. The van der Waals surface area contributed by atoms with Crippen LogP contribution in [0.5, 0.6) is 0 Å². The molecule has 0 fully saturated rings. The summed E-state index contributed by atoms with van der Waals surface area (Å²) >= 11 is 3.36. The summed E-state index contributed by atoms with van der Waals surface area (Å²) < 4.78 is 15.0. The molecule has 2 N–H and O–H groups in total. The lowest BCUT2D eigenvalue weighted by Gasteiger charge is -2.06. The number of halogens is 1. The highest BCUT2D eigenvalue weighted by Gasteiger charge is 2.08. The van der Waals surface area contributed by atoms with Crippen molar-refractivity contribution in [2.24, 2.45) is 0 Å². The van der Waals surface area contributed by atoms with Crippen LogP contribution in [-0.2, 0) is 17.3 Å². The predicted octanol–water partition coefficient (Wildman–Crippen LogP) is 2.43. The van der Waals surface area contributed by atoms with Crippen LogP contribution in [0.25, 0.3) is 0 Å². The lowest BCUT2D eigenvalue weighted by Crippen LogP contribution is -2.05. The Kier molecular flexibility index (Phi) is 4.54. The maximum atomic E-state index is 12.1. The van der Waals surface area contributed by atoms with E-state index in [0.29, 0.717) is 16.3 Å². The first-order valence-electron chi connectivity index (χ1n) is 5.56. The molecule has 96 valence electrons. The summed E-state index contributed by atoms with van der Waals surface area (Å²) in [5.74, 6) is 0.596. The monoisotopic (exact) mass is 327 g/mol. The van der Waals surface area contributed by atoms with Gasteiger partial charge in [-0.1, -0.05) is 15.9 Å². The third kappa shape index (κ3) is 3.43. The Morgan fingerprint density at radius 3 is 3.00 bits per heavy atom. The molecule has 6 heteroatoms. The second kappa shape index (κ2) is 6.15. The van der Waals surface area contributed by atoms with Gasteiger partial charge in [0.2, 0.25) is 0 Å². The summed E-state index contributed by atoms with van der Waals surface area (Å²) in [6.07, 6.45) is 6.23. The van der Waals surface area contributed by atoms with Crippen molar-refractivity contribution in [3.8, 4) is 0 Å². The van der Waals surface area contributed by atoms with Crippen LogP contribution in [0.2, 0.25) is 0 Å².